The van der Waals surface area contributed by atoms with E-state index in [0.717, 1.165) is 19.3 Å². The Morgan fingerprint density at radius 1 is 1.42 bits per heavy atom. The van der Waals surface area contributed by atoms with Gasteiger partial charge in [-0.1, -0.05) is 6.07 Å². The van der Waals surface area contributed by atoms with Gasteiger partial charge in [-0.05, 0) is 59.8 Å². The third-order valence-electron chi connectivity index (χ3n) is 3.65. The molecule has 1 fully saturated rings. The molecular formula is C14H18BrFN2O. The number of rotatable bonds is 3. The van der Waals surface area contributed by atoms with Gasteiger partial charge in [-0.3, -0.25) is 4.79 Å². The number of carbonyl (C=O) groups excluding carboxylic acids is 1. The summed E-state index contributed by atoms with van der Waals surface area (Å²) in [5, 5.41) is 0. The Kier molecular flexibility index (Phi) is 4.93. The van der Waals surface area contributed by atoms with Crippen molar-refractivity contribution in [2.75, 3.05) is 19.6 Å². The number of nitrogens with two attached hydrogens (primary N) is 1. The number of amides is 1. The first-order chi connectivity index (χ1) is 9.13. The van der Waals surface area contributed by atoms with E-state index in [9.17, 15) is 9.18 Å². The molecule has 5 heteroatoms. The van der Waals surface area contributed by atoms with Crippen LogP contribution in [0.4, 0.5) is 4.39 Å². The predicted octanol–water partition coefficient (Wildman–Crippen LogP) is 2.79. The van der Waals surface area contributed by atoms with Crippen LogP contribution in [0.1, 0.15) is 29.6 Å². The molecule has 0 aliphatic carbocycles. The van der Waals surface area contributed by atoms with Crippen molar-refractivity contribution in [1.29, 1.82) is 0 Å². The molecule has 0 aromatic heterocycles. The molecule has 0 saturated carbocycles. The lowest BCUT2D eigenvalue weighted by atomic mass is 9.93. The molecule has 0 bridgehead atoms. The smallest absolute Gasteiger partial charge is 0.257 e. The molecule has 0 spiro atoms. The SMILES string of the molecule is NCCC1CCN(C(=O)c2c(F)cccc2Br)CC1. The number of hydrogen-bond donors (Lipinski definition) is 1. The average Bonchev–Trinajstić information content (AvgIpc) is 2.39. The van der Waals surface area contributed by atoms with E-state index in [4.69, 9.17) is 5.73 Å². The van der Waals surface area contributed by atoms with Crippen LogP contribution in [0.3, 0.4) is 0 Å². The minimum Gasteiger partial charge on any atom is -0.339 e. The lowest BCUT2D eigenvalue weighted by Crippen LogP contribution is -2.39. The fourth-order valence-electron chi connectivity index (χ4n) is 2.52. The van der Waals surface area contributed by atoms with Crippen LogP contribution < -0.4 is 5.73 Å². The van der Waals surface area contributed by atoms with Gasteiger partial charge in [0, 0.05) is 17.6 Å². The van der Waals surface area contributed by atoms with Gasteiger partial charge in [-0.2, -0.15) is 0 Å². The van der Waals surface area contributed by atoms with Gasteiger partial charge in [0.1, 0.15) is 5.82 Å². The molecule has 19 heavy (non-hydrogen) atoms. The highest BCUT2D eigenvalue weighted by Gasteiger charge is 2.26. The Labute approximate surface area is 121 Å². The molecule has 1 aromatic rings. The van der Waals surface area contributed by atoms with Gasteiger partial charge in [0.25, 0.3) is 5.91 Å². The van der Waals surface area contributed by atoms with Gasteiger partial charge < -0.3 is 10.6 Å². The first kappa shape index (κ1) is 14.5. The lowest BCUT2D eigenvalue weighted by Gasteiger charge is -2.32. The molecule has 1 aliphatic heterocycles. The zero-order valence-corrected chi connectivity index (χ0v) is 12.3. The van der Waals surface area contributed by atoms with Crippen LogP contribution in [-0.2, 0) is 0 Å². The summed E-state index contributed by atoms with van der Waals surface area (Å²) in [4.78, 5) is 14.1. The summed E-state index contributed by atoms with van der Waals surface area (Å²) in [5.74, 6) is -0.0993. The minimum atomic E-state index is -0.469. The van der Waals surface area contributed by atoms with Gasteiger partial charge >= 0.3 is 0 Å². The van der Waals surface area contributed by atoms with Crippen LogP contribution in [0, 0.1) is 11.7 Å². The molecule has 1 saturated heterocycles. The van der Waals surface area contributed by atoms with Crippen molar-refractivity contribution in [2.24, 2.45) is 11.7 Å². The van der Waals surface area contributed by atoms with Gasteiger partial charge in [0.2, 0.25) is 0 Å². The van der Waals surface area contributed by atoms with Crippen molar-refractivity contribution in [3.8, 4) is 0 Å². The molecule has 0 radical (unpaired) electrons. The van der Waals surface area contributed by atoms with Crippen molar-refractivity contribution in [3.63, 3.8) is 0 Å². The van der Waals surface area contributed by atoms with Crippen LogP contribution >= 0.6 is 15.9 Å². The van der Waals surface area contributed by atoms with Crippen LogP contribution in [0.2, 0.25) is 0 Å². The molecule has 104 valence electrons. The van der Waals surface area contributed by atoms with Gasteiger partial charge in [0.15, 0.2) is 0 Å². The van der Waals surface area contributed by atoms with Gasteiger partial charge in [-0.25, -0.2) is 4.39 Å². The molecule has 1 amide bonds. The largest absolute Gasteiger partial charge is 0.339 e. The molecule has 1 aliphatic rings. The van der Waals surface area contributed by atoms with Crippen LogP contribution in [0.15, 0.2) is 22.7 Å². The third-order valence-corrected chi connectivity index (χ3v) is 4.31. The topological polar surface area (TPSA) is 46.3 Å². The maximum atomic E-state index is 13.8. The highest BCUT2D eigenvalue weighted by atomic mass is 79.9. The van der Waals surface area contributed by atoms with E-state index >= 15 is 0 Å². The van der Waals surface area contributed by atoms with Crippen molar-refractivity contribution in [1.82, 2.24) is 4.90 Å². The van der Waals surface area contributed by atoms with Crippen LogP contribution in [0.5, 0.6) is 0 Å². The van der Waals surface area contributed by atoms with Crippen molar-refractivity contribution in [3.05, 3.63) is 34.1 Å². The second kappa shape index (κ2) is 6.48. The quantitative estimate of drug-likeness (QED) is 0.927. The molecule has 1 aromatic carbocycles. The Morgan fingerprint density at radius 3 is 2.68 bits per heavy atom. The minimum absolute atomic E-state index is 0.139. The van der Waals surface area contributed by atoms with Crippen molar-refractivity contribution >= 4 is 21.8 Å². The summed E-state index contributed by atoms with van der Waals surface area (Å²) >= 11 is 3.25. The number of halogens is 2. The highest BCUT2D eigenvalue weighted by molar-refractivity contribution is 9.10. The Morgan fingerprint density at radius 2 is 2.11 bits per heavy atom. The zero-order chi connectivity index (χ0) is 13.8. The van der Waals surface area contributed by atoms with E-state index in [1.165, 1.54) is 6.07 Å². The number of hydrogen-bond acceptors (Lipinski definition) is 2. The maximum Gasteiger partial charge on any atom is 0.257 e. The van der Waals surface area contributed by atoms with Crippen molar-refractivity contribution in [2.45, 2.75) is 19.3 Å². The Hall–Kier alpha value is -0.940. The summed E-state index contributed by atoms with van der Waals surface area (Å²) in [6, 6.07) is 4.60. The van der Waals surface area contributed by atoms with Gasteiger partial charge in [-0.15, -0.1) is 0 Å². The lowest BCUT2D eigenvalue weighted by molar-refractivity contribution is 0.0682. The van der Waals surface area contributed by atoms with E-state index in [-0.39, 0.29) is 11.5 Å². The van der Waals surface area contributed by atoms with Crippen LogP contribution in [-0.4, -0.2) is 30.4 Å². The number of benzene rings is 1. The summed E-state index contributed by atoms with van der Waals surface area (Å²) < 4.78 is 14.3. The molecule has 0 unspecified atom stereocenters. The maximum absolute atomic E-state index is 13.8. The zero-order valence-electron chi connectivity index (χ0n) is 10.7. The van der Waals surface area contributed by atoms with Crippen LogP contribution in [0.25, 0.3) is 0 Å². The molecule has 3 nitrogen and oxygen atoms in total. The second-order valence-electron chi connectivity index (χ2n) is 4.91. The molecule has 2 rings (SSSR count). The normalized spacial score (nSPS) is 16.7. The number of piperidine rings is 1. The molecular weight excluding hydrogens is 311 g/mol. The Balaban J connectivity index is 2.05. The van der Waals surface area contributed by atoms with E-state index in [2.05, 4.69) is 15.9 Å². The third kappa shape index (κ3) is 3.34. The Bertz CT molecular complexity index is 439. The van der Waals surface area contributed by atoms with E-state index in [1.54, 1.807) is 17.0 Å². The standard InChI is InChI=1S/C14H18BrFN2O/c15-11-2-1-3-12(16)13(11)14(19)18-8-5-10(4-7-17)6-9-18/h1-3,10H,4-9,17H2. The van der Waals surface area contributed by atoms with Crippen molar-refractivity contribution < 1.29 is 9.18 Å². The molecule has 1 heterocycles. The second-order valence-corrected chi connectivity index (χ2v) is 5.76. The first-order valence-electron chi connectivity index (χ1n) is 6.57. The number of nitrogens with zero attached hydrogens (tertiary/aromatic N) is 1. The van der Waals surface area contributed by atoms with E-state index < -0.39 is 5.82 Å². The molecule has 2 N–H and O–H groups in total. The summed E-state index contributed by atoms with van der Waals surface area (Å²) in [6.07, 6.45) is 2.91. The first-order valence-corrected chi connectivity index (χ1v) is 7.36. The highest BCUT2D eigenvalue weighted by Crippen LogP contribution is 2.25. The summed E-state index contributed by atoms with van der Waals surface area (Å²) in [5.41, 5.74) is 5.69. The monoisotopic (exact) mass is 328 g/mol. The number of likely N-dealkylation sites (tertiary alicyclic amines) is 1. The molecule has 0 atom stereocenters. The average molecular weight is 329 g/mol. The number of carbonyl (C=O) groups is 1. The summed E-state index contributed by atoms with van der Waals surface area (Å²) in [7, 11) is 0. The van der Waals surface area contributed by atoms with E-state index in [0.29, 0.717) is 30.0 Å². The van der Waals surface area contributed by atoms with E-state index in [1.807, 2.05) is 0 Å². The fraction of sp³-hybridized carbons (Fsp3) is 0.500. The summed E-state index contributed by atoms with van der Waals surface area (Å²) in [6.45, 7) is 2.06. The predicted molar refractivity (Wildman–Crippen MR) is 76.4 cm³/mol. The fourth-order valence-corrected chi connectivity index (χ4v) is 3.03. The van der Waals surface area contributed by atoms with Gasteiger partial charge in [0.05, 0.1) is 5.56 Å².